The fraction of sp³-hybridized carbons (Fsp3) is 0.944. The van der Waals surface area contributed by atoms with Gasteiger partial charge in [-0.3, -0.25) is 0 Å². The monoisotopic (exact) mass is 369 g/mol. The van der Waals surface area contributed by atoms with E-state index in [1.54, 1.807) is 0 Å². The van der Waals surface area contributed by atoms with Gasteiger partial charge in [0.2, 0.25) is 10.0 Å². The van der Waals surface area contributed by atoms with Gasteiger partial charge in [-0.25, -0.2) is 17.9 Å². The van der Waals surface area contributed by atoms with Crippen LogP contribution in [0, 0.1) is 17.8 Å². The van der Waals surface area contributed by atoms with Crippen molar-refractivity contribution >= 4 is 16.1 Å². The van der Waals surface area contributed by atoms with Crippen molar-refractivity contribution in [1.82, 2.24) is 14.9 Å². The molecule has 5 rings (SSSR count). The zero-order chi connectivity index (χ0) is 17.6. The first-order valence-electron chi connectivity index (χ1n) is 9.90. The van der Waals surface area contributed by atoms with Gasteiger partial charge < -0.3 is 10.2 Å². The van der Waals surface area contributed by atoms with E-state index in [1.165, 1.54) is 38.4 Å². The van der Waals surface area contributed by atoms with Crippen molar-refractivity contribution in [3.05, 3.63) is 0 Å². The molecule has 2 saturated heterocycles. The van der Waals surface area contributed by atoms with Gasteiger partial charge in [0, 0.05) is 24.7 Å². The minimum Gasteiger partial charge on any atom is -0.335 e. The Morgan fingerprint density at radius 3 is 2.04 bits per heavy atom. The summed E-state index contributed by atoms with van der Waals surface area (Å²) in [5.74, 6) is 2.40. The number of carbonyl (C=O) groups is 1. The van der Waals surface area contributed by atoms with Crippen LogP contribution in [-0.2, 0) is 10.0 Å². The molecule has 3 aliphatic carbocycles. The number of sulfonamides is 1. The first kappa shape index (κ1) is 17.6. The van der Waals surface area contributed by atoms with Gasteiger partial charge in [0.05, 0.1) is 6.26 Å². The van der Waals surface area contributed by atoms with Crippen LogP contribution in [0.4, 0.5) is 4.79 Å². The van der Waals surface area contributed by atoms with Gasteiger partial charge in [0.15, 0.2) is 0 Å². The third-order valence-corrected chi connectivity index (χ3v) is 7.56. The van der Waals surface area contributed by atoms with Gasteiger partial charge in [-0.05, 0) is 75.5 Å². The van der Waals surface area contributed by atoms with E-state index in [9.17, 15) is 13.2 Å². The first-order valence-corrected chi connectivity index (χ1v) is 11.8. The van der Waals surface area contributed by atoms with Crippen molar-refractivity contribution in [1.29, 1.82) is 0 Å². The number of carbonyl (C=O) groups excluding carboxylic acids is 1. The van der Waals surface area contributed by atoms with E-state index in [2.05, 4.69) is 14.9 Å². The van der Waals surface area contributed by atoms with Gasteiger partial charge in [-0.15, -0.1) is 0 Å². The van der Waals surface area contributed by atoms with Crippen LogP contribution in [-0.4, -0.2) is 50.3 Å². The molecule has 4 bridgehead atoms. The zero-order valence-electron chi connectivity index (χ0n) is 15.1. The summed E-state index contributed by atoms with van der Waals surface area (Å²) in [5.41, 5.74) is 0. The normalized spacial score (nSPS) is 40.8. The topological polar surface area (TPSA) is 78.5 Å². The third-order valence-electron chi connectivity index (χ3n) is 6.80. The van der Waals surface area contributed by atoms with Crippen molar-refractivity contribution in [2.45, 2.75) is 75.9 Å². The van der Waals surface area contributed by atoms with Crippen LogP contribution in [0.25, 0.3) is 0 Å². The summed E-state index contributed by atoms with van der Waals surface area (Å²) < 4.78 is 25.4. The molecule has 2 heterocycles. The van der Waals surface area contributed by atoms with E-state index < -0.39 is 10.0 Å². The maximum atomic E-state index is 12.9. The molecule has 2 unspecified atom stereocenters. The minimum absolute atomic E-state index is 0.0210. The second-order valence-corrected chi connectivity index (χ2v) is 10.8. The minimum atomic E-state index is -3.14. The average molecular weight is 370 g/mol. The molecule has 4 atom stereocenters. The standard InChI is InChI=1S/C18H31N3O3S/c1-25(23,24)20-16-4-2-15(3-5-16)19-18(22)21-11-14-7-12-6-13(8-14)10-17(21)9-12/h12-17,20H,2-11H2,1H3,(H,19,22)/t12-,13+,14?,15?,16?,17?. The van der Waals surface area contributed by atoms with Crippen molar-refractivity contribution in [2.75, 3.05) is 12.8 Å². The van der Waals surface area contributed by atoms with E-state index in [-0.39, 0.29) is 18.1 Å². The van der Waals surface area contributed by atoms with E-state index in [4.69, 9.17) is 0 Å². The summed E-state index contributed by atoms with van der Waals surface area (Å²) in [5, 5.41) is 3.25. The molecule has 5 aliphatic rings. The fourth-order valence-electron chi connectivity index (χ4n) is 5.95. The highest BCUT2D eigenvalue weighted by Gasteiger charge is 2.44. The predicted molar refractivity (Wildman–Crippen MR) is 96.6 cm³/mol. The molecule has 5 fully saturated rings. The predicted octanol–water partition coefficient (Wildman–Crippen LogP) is 2.07. The summed E-state index contributed by atoms with van der Waals surface area (Å²) >= 11 is 0. The Morgan fingerprint density at radius 1 is 0.880 bits per heavy atom. The van der Waals surface area contributed by atoms with Gasteiger partial charge >= 0.3 is 6.03 Å². The summed E-state index contributed by atoms with van der Waals surface area (Å²) in [6.45, 7) is 0.939. The van der Waals surface area contributed by atoms with E-state index in [1.807, 2.05) is 0 Å². The highest BCUT2D eigenvalue weighted by atomic mass is 32.2. The van der Waals surface area contributed by atoms with Crippen LogP contribution in [0.1, 0.15) is 57.8 Å². The Morgan fingerprint density at radius 2 is 1.44 bits per heavy atom. The van der Waals surface area contributed by atoms with Crippen molar-refractivity contribution in [3.63, 3.8) is 0 Å². The number of nitrogens with zero attached hydrogens (tertiary/aromatic N) is 1. The molecular formula is C18H31N3O3S. The largest absolute Gasteiger partial charge is 0.335 e. The van der Waals surface area contributed by atoms with E-state index in [0.717, 1.165) is 44.1 Å². The highest BCUT2D eigenvalue weighted by molar-refractivity contribution is 7.88. The lowest BCUT2D eigenvalue weighted by molar-refractivity contribution is 0.129. The van der Waals surface area contributed by atoms with Crippen LogP contribution < -0.4 is 10.0 Å². The molecular weight excluding hydrogens is 338 g/mol. The molecule has 3 saturated carbocycles. The highest BCUT2D eigenvalue weighted by Crippen LogP contribution is 2.47. The van der Waals surface area contributed by atoms with E-state index in [0.29, 0.717) is 12.0 Å². The van der Waals surface area contributed by atoms with Crippen LogP contribution in [0.2, 0.25) is 0 Å². The Labute approximate surface area is 151 Å². The van der Waals surface area contributed by atoms with Gasteiger partial charge in [-0.1, -0.05) is 0 Å². The lowest BCUT2D eigenvalue weighted by Crippen LogP contribution is -2.51. The van der Waals surface area contributed by atoms with Crippen LogP contribution in [0.5, 0.6) is 0 Å². The Bertz CT molecular complexity index is 601. The van der Waals surface area contributed by atoms with Crippen molar-refractivity contribution in [2.24, 2.45) is 17.8 Å². The fourth-order valence-corrected chi connectivity index (χ4v) is 6.79. The number of hydrogen-bond acceptors (Lipinski definition) is 3. The summed E-state index contributed by atoms with van der Waals surface area (Å²) in [7, 11) is -3.14. The molecule has 2 amide bonds. The van der Waals surface area contributed by atoms with Crippen molar-refractivity contribution < 1.29 is 13.2 Å². The number of nitrogens with one attached hydrogen (secondary N) is 2. The maximum absolute atomic E-state index is 12.9. The molecule has 0 radical (unpaired) electrons. The van der Waals surface area contributed by atoms with Crippen molar-refractivity contribution in [3.8, 4) is 0 Å². The molecule has 7 heteroatoms. The second kappa shape index (κ2) is 6.72. The molecule has 0 aromatic heterocycles. The quantitative estimate of drug-likeness (QED) is 0.799. The van der Waals surface area contributed by atoms with Gasteiger partial charge in [-0.2, -0.15) is 0 Å². The SMILES string of the molecule is CS(=O)(=O)NC1CCC(NC(=O)N2CC3C[C@@H]4CC2C[C@H](C3)C4)CC1. The average Bonchev–Trinajstić information content (AvgIpc) is 2.71. The zero-order valence-corrected chi connectivity index (χ0v) is 15.9. The molecule has 0 aromatic rings. The third kappa shape index (κ3) is 4.13. The number of urea groups is 1. The molecule has 0 aromatic carbocycles. The first-order chi connectivity index (χ1) is 11.9. The van der Waals surface area contributed by atoms with E-state index >= 15 is 0 Å². The molecule has 2 N–H and O–H groups in total. The number of hydrogen-bond donors (Lipinski definition) is 2. The summed E-state index contributed by atoms with van der Waals surface area (Å²) in [6.07, 6.45) is 10.9. The second-order valence-electron chi connectivity index (χ2n) is 8.97. The molecule has 0 spiro atoms. The van der Waals surface area contributed by atoms with Crippen LogP contribution >= 0.6 is 0 Å². The molecule has 6 nitrogen and oxygen atoms in total. The van der Waals surface area contributed by atoms with Crippen LogP contribution in [0.3, 0.4) is 0 Å². The Kier molecular flexibility index (Phi) is 4.73. The number of amides is 2. The van der Waals surface area contributed by atoms with Gasteiger partial charge in [0.1, 0.15) is 0 Å². The maximum Gasteiger partial charge on any atom is 0.317 e. The lowest BCUT2D eigenvalue weighted by Gasteiger charge is -2.39. The smallest absolute Gasteiger partial charge is 0.317 e. The summed E-state index contributed by atoms with van der Waals surface area (Å²) in [4.78, 5) is 15.0. The number of fused-ring (bicyclic) bond motifs is 1. The Balaban J connectivity index is 1.31. The lowest BCUT2D eigenvalue weighted by atomic mass is 9.68. The molecule has 25 heavy (non-hydrogen) atoms. The summed E-state index contributed by atoms with van der Waals surface area (Å²) in [6, 6.07) is 0.771. The molecule has 2 aliphatic heterocycles. The van der Waals surface area contributed by atoms with Gasteiger partial charge in [0.25, 0.3) is 0 Å². The van der Waals surface area contributed by atoms with Crippen LogP contribution in [0.15, 0.2) is 0 Å². The molecule has 142 valence electrons. The number of rotatable bonds is 3. The Hall–Kier alpha value is -0.820.